The van der Waals surface area contributed by atoms with Crippen LogP contribution >= 0.6 is 12.6 Å². The van der Waals surface area contributed by atoms with E-state index in [1.807, 2.05) is 0 Å². The van der Waals surface area contributed by atoms with Gasteiger partial charge in [-0.3, -0.25) is 0 Å². The standard InChI is InChI=1S/C10H12O3S/c1-12-8-4-3-7(10(14)6-11)5-9(8)13-2/h3-6,10,14H,1-2H3. The van der Waals surface area contributed by atoms with Crippen LogP contribution in [-0.4, -0.2) is 20.5 Å². The van der Waals surface area contributed by atoms with Crippen molar-refractivity contribution < 1.29 is 14.3 Å². The van der Waals surface area contributed by atoms with Crippen molar-refractivity contribution in [3.8, 4) is 11.5 Å². The first-order chi connectivity index (χ1) is 6.72. The molecule has 0 radical (unpaired) electrons. The van der Waals surface area contributed by atoms with Crippen molar-refractivity contribution in [2.75, 3.05) is 14.2 Å². The van der Waals surface area contributed by atoms with Gasteiger partial charge in [0.15, 0.2) is 11.5 Å². The molecule has 4 heteroatoms. The predicted octanol–water partition coefficient (Wildman–Crippen LogP) is 1.87. The molecule has 1 atom stereocenters. The van der Waals surface area contributed by atoms with Crippen LogP contribution in [0.2, 0.25) is 0 Å². The Bertz CT molecular complexity index is 325. The lowest BCUT2D eigenvalue weighted by atomic mass is 10.1. The lowest BCUT2D eigenvalue weighted by Crippen LogP contribution is -1.95. The number of aldehydes is 1. The summed E-state index contributed by atoms with van der Waals surface area (Å²) in [4.78, 5) is 10.5. The van der Waals surface area contributed by atoms with E-state index < -0.39 is 5.25 Å². The van der Waals surface area contributed by atoms with Gasteiger partial charge in [0.2, 0.25) is 0 Å². The summed E-state index contributed by atoms with van der Waals surface area (Å²) in [5, 5.41) is -0.421. The molecule has 0 amide bonds. The first-order valence-electron chi connectivity index (χ1n) is 4.08. The highest BCUT2D eigenvalue weighted by Gasteiger charge is 2.09. The molecule has 14 heavy (non-hydrogen) atoms. The first-order valence-corrected chi connectivity index (χ1v) is 4.60. The number of benzene rings is 1. The van der Waals surface area contributed by atoms with Gasteiger partial charge in [-0.25, -0.2) is 0 Å². The number of carbonyl (C=O) groups excluding carboxylic acids is 1. The van der Waals surface area contributed by atoms with E-state index in [-0.39, 0.29) is 0 Å². The zero-order valence-corrected chi connectivity index (χ0v) is 8.95. The number of methoxy groups -OCH3 is 2. The molecule has 3 nitrogen and oxygen atoms in total. The van der Waals surface area contributed by atoms with Crippen molar-refractivity contribution in [1.82, 2.24) is 0 Å². The van der Waals surface area contributed by atoms with Crippen LogP contribution in [0.1, 0.15) is 10.8 Å². The summed E-state index contributed by atoms with van der Waals surface area (Å²) in [5.74, 6) is 1.24. The van der Waals surface area contributed by atoms with Crippen LogP contribution in [0, 0.1) is 0 Å². The van der Waals surface area contributed by atoms with Gasteiger partial charge >= 0.3 is 0 Å². The lowest BCUT2D eigenvalue weighted by molar-refractivity contribution is -0.107. The maximum atomic E-state index is 10.5. The van der Waals surface area contributed by atoms with E-state index in [2.05, 4.69) is 12.6 Å². The lowest BCUT2D eigenvalue weighted by Gasteiger charge is -2.10. The van der Waals surface area contributed by atoms with E-state index >= 15 is 0 Å². The molecular weight excluding hydrogens is 200 g/mol. The molecule has 0 saturated carbocycles. The van der Waals surface area contributed by atoms with Gasteiger partial charge in [-0.15, -0.1) is 0 Å². The Morgan fingerprint density at radius 1 is 1.29 bits per heavy atom. The van der Waals surface area contributed by atoms with Gasteiger partial charge in [0.25, 0.3) is 0 Å². The maximum absolute atomic E-state index is 10.5. The summed E-state index contributed by atoms with van der Waals surface area (Å²) >= 11 is 4.10. The van der Waals surface area contributed by atoms with Crippen LogP contribution in [0.4, 0.5) is 0 Å². The van der Waals surface area contributed by atoms with Gasteiger partial charge < -0.3 is 14.3 Å². The quantitative estimate of drug-likeness (QED) is 0.611. The average Bonchev–Trinajstić information content (AvgIpc) is 2.26. The second-order valence-electron chi connectivity index (χ2n) is 2.70. The minimum absolute atomic E-state index is 0.421. The molecule has 0 saturated heterocycles. The zero-order chi connectivity index (χ0) is 10.6. The highest BCUT2D eigenvalue weighted by molar-refractivity contribution is 7.81. The van der Waals surface area contributed by atoms with E-state index in [0.29, 0.717) is 11.5 Å². The Morgan fingerprint density at radius 3 is 2.43 bits per heavy atom. The largest absolute Gasteiger partial charge is 0.493 e. The van der Waals surface area contributed by atoms with Crippen LogP contribution in [0.3, 0.4) is 0 Å². The molecule has 0 spiro atoms. The summed E-state index contributed by atoms with van der Waals surface area (Å²) in [6.45, 7) is 0. The molecule has 1 rings (SSSR count). The summed E-state index contributed by atoms with van der Waals surface area (Å²) in [7, 11) is 3.12. The molecule has 1 aromatic carbocycles. The molecule has 0 fully saturated rings. The Kier molecular flexibility index (Phi) is 3.83. The fraction of sp³-hybridized carbons (Fsp3) is 0.300. The van der Waals surface area contributed by atoms with Gasteiger partial charge in [-0.2, -0.15) is 12.6 Å². The second-order valence-corrected chi connectivity index (χ2v) is 3.25. The molecule has 0 aliphatic heterocycles. The average molecular weight is 212 g/mol. The number of rotatable bonds is 4. The van der Waals surface area contributed by atoms with Gasteiger partial charge in [-0.05, 0) is 17.7 Å². The third-order valence-electron chi connectivity index (χ3n) is 1.88. The van der Waals surface area contributed by atoms with Crippen molar-refractivity contribution in [2.24, 2.45) is 0 Å². The minimum Gasteiger partial charge on any atom is -0.493 e. The fourth-order valence-electron chi connectivity index (χ4n) is 1.12. The summed E-state index contributed by atoms with van der Waals surface area (Å²) in [5.41, 5.74) is 0.793. The second kappa shape index (κ2) is 4.91. The molecule has 1 unspecified atom stereocenters. The van der Waals surface area contributed by atoms with Crippen LogP contribution in [0.5, 0.6) is 11.5 Å². The number of carbonyl (C=O) groups is 1. The molecular formula is C10H12O3S. The molecule has 0 heterocycles. The Hall–Kier alpha value is -1.16. The normalized spacial score (nSPS) is 11.9. The molecule has 1 aromatic rings. The van der Waals surface area contributed by atoms with Gasteiger partial charge in [-0.1, -0.05) is 6.07 Å². The van der Waals surface area contributed by atoms with Gasteiger partial charge in [0.05, 0.1) is 19.5 Å². The first kappa shape index (κ1) is 10.9. The Morgan fingerprint density at radius 2 is 1.93 bits per heavy atom. The van der Waals surface area contributed by atoms with E-state index in [1.165, 1.54) is 0 Å². The number of hydrogen-bond donors (Lipinski definition) is 1. The van der Waals surface area contributed by atoms with Crippen molar-refractivity contribution in [1.29, 1.82) is 0 Å². The minimum atomic E-state index is -0.421. The van der Waals surface area contributed by atoms with Crippen LogP contribution in [0.15, 0.2) is 18.2 Å². The fourth-order valence-corrected chi connectivity index (χ4v) is 1.28. The number of thiol groups is 1. The molecule has 76 valence electrons. The van der Waals surface area contributed by atoms with Crippen molar-refractivity contribution in [3.63, 3.8) is 0 Å². The highest BCUT2D eigenvalue weighted by Crippen LogP contribution is 2.30. The summed E-state index contributed by atoms with van der Waals surface area (Å²) in [6.07, 6.45) is 0.768. The van der Waals surface area contributed by atoms with E-state index in [9.17, 15) is 4.79 Å². The maximum Gasteiger partial charge on any atom is 0.161 e. The van der Waals surface area contributed by atoms with Gasteiger partial charge in [0.1, 0.15) is 6.29 Å². The van der Waals surface area contributed by atoms with Crippen molar-refractivity contribution in [2.45, 2.75) is 5.25 Å². The van der Waals surface area contributed by atoms with Crippen molar-refractivity contribution in [3.05, 3.63) is 23.8 Å². The van der Waals surface area contributed by atoms with Gasteiger partial charge in [0, 0.05) is 0 Å². The van der Waals surface area contributed by atoms with Crippen molar-refractivity contribution >= 4 is 18.9 Å². The van der Waals surface area contributed by atoms with Crippen LogP contribution in [-0.2, 0) is 4.79 Å². The monoisotopic (exact) mass is 212 g/mol. The van der Waals surface area contributed by atoms with E-state index in [0.717, 1.165) is 11.8 Å². The molecule has 0 aromatic heterocycles. The number of ether oxygens (including phenoxy) is 2. The summed E-state index contributed by atoms with van der Waals surface area (Å²) < 4.78 is 10.2. The smallest absolute Gasteiger partial charge is 0.161 e. The van der Waals surface area contributed by atoms with E-state index in [1.54, 1.807) is 32.4 Å². The summed E-state index contributed by atoms with van der Waals surface area (Å²) in [6, 6.07) is 5.28. The Labute approximate surface area is 88.4 Å². The predicted molar refractivity (Wildman–Crippen MR) is 57.3 cm³/mol. The Balaban J connectivity index is 3.06. The SMILES string of the molecule is COc1ccc(C(S)C=O)cc1OC. The zero-order valence-electron chi connectivity index (χ0n) is 8.06. The topological polar surface area (TPSA) is 35.5 Å². The third-order valence-corrected chi connectivity index (χ3v) is 2.30. The van der Waals surface area contributed by atoms with Crippen LogP contribution in [0.25, 0.3) is 0 Å². The van der Waals surface area contributed by atoms with E-state index in [4.69, 9.17) is 9.47 Å². The van der Waals surface area contributed by atoms with Crippen LogP contribution < -0.4 is 9.47 Å². The highest BCUT2D eigenvalue weighted by atomic mass is 32.1. The molecule has 0 N–H and O–H groups in total. The number of hydrogen-bond acceptors (Lipinski definition) is 4. The molecule has 0 aliphatic rings. The molecule has 0 bridgehead atoms. The molecule has 0 aliphatic carbocycles. The third kappa shape index (κ3) is 2.20.